The molecule has 0 atom stereocenters. The third-order valence-electron chi connectivity index (χ3n) is 2.12. The number of benzene rings is 1. The zero-order valence-corrected chi connectivity index (χ0v) is 9.71. The van der Waals surface area contributed by atoms with Gasteiger partial charge in [-0.25, -0.2) is 4.79 Å². The Kier molecular flexibility index (Phi) is 3.23. The van der Waals surface area contributed by atoms with Crippen LogP contribution in [-0.2, 0) is 0 Å². The second kappa shape index (κ2) is 4.82. The molecule has 4 nitrogen and oxygen atoms in total. The van der Waals surface area contributed by atoms with Crippen LogP contribution in [0.25, 0.3) is 11.3 Å². The van der Waals surface area contributed by atoms with Crippen molar-refractivity contribution in [3.8, 4) is 17.0 Å². The van der Waals surface area contributed by atoms with Gasteiger partial charge in [0, 0.05) is 5.56 Å². The van der Waals surface area contributed by atoms with Crippen LogP contribution in [0.4, 0.5) is 0 Å². The van der Waals surface area contributed by atoms with E-state index < -0.39 is 5.63 Å². The summed E-state index contributed by atoms with van der Waals surface area (Å²) in [6, 6.07) is 10.8. The quantitative estimate of drug-likeness (QED) is 0.814. The van der Waals surface area contributed by atoms with Crippen molar-refractivity contribution in [1.82, 2.24) is 5.16 Å². The van der Waals surface area contributed by atoms with Gasteiger partial charge in [-0.05, 0) is 13.8 Å². The molecule has 0 bridgehead atoms. The zero-order chi connectivity index (χ0) is 12.3. The van der Waals surface area contributed by atoms with Crippen molar-refractivity contribution in [2.75, 3.05) is 0 Å². The Balaban J connectivity index is 2.50. The first-order chi connectivity index (χ1) is 8.16. The van der Waals surface area contributed by atoms with Gasteiger partial charge in [0.25, 0.3) is 0 Å². The maximum absolute atomic E-state index is 11.1. The minimum atomic E-state index is -0.514. The molecule has 0 amide bonds. The Morgan fingerprint density at radius 2 is 1.94 bits per heavy atom. The molecule has 2 aromatic rings. The fourth-order valence-electron chi connectivity index (χ4n) is 1.47. The number of hydrogen-bond acceptors (Lipinski definition) is 4. The number of ether oxygens (including phenoxy) is 1. The van der Waals surface area contributed by atoms with Crippen LogP contribution in [0.3, 0.4) is 0 Å². The Hall–Kier alpha value is -2.10. The van der Waals surface area contributed by atoms with Gasteiger partial charge in [-0.1, -0.05) is 35.5 Å². The predicted molar refractivity (Wildman–Crippen MR) is 64.0 cm³/mol. The van der Waals surface area contributed by atoms with Crippen molar-refractivity contribution < 1.29 is 9.26 Å². The Morgan fingerprint density at radius 3 is 2.59 bits per heavy atom. The molecule has 17 heavy (non-hydrogen) atoms. The summed E-state index contributed by atoms with van der Waals surface area (Å²) in [7, 11) is 0. The lowest BCUT2D eigenvalue weighted by atomic mass is 10.1. The van der Waals surface area contributed by atoms with Crippen molar-refractivity contribution in [2.24, 2.45) is 0 Å². The molecule has 0 aliphatic carbocycles. The Bertz CT molecular complexity index is 546. The van der Waals surface area contributed by atoms with Gasteiger partial charge in [-0.3, -0.25) is 0 Å². The maximum Gasteiger partial charge on any atom is 0.362 e. The summed E-state index contributed by atoms with van der Waals surface area (Å²) in [4.78, 5) is 11.1. The van der Waals surface area contributed by atoms with Crippen LogP contribution in [0.5, 0.6) is 5.75 Å². The normalized spacial score (nSPS) is 10.5. The van der Waals surface area contributed by atoms with Crippen LogP contribution in [0.2, 0.25) is 0 Å². The Labute approximate surface area is 98.8 Å². The number of nitrogens with zero attached hydrogens (tertiary/aromatic N) is 1. The van der Waals surface area contributed by atoms with Gasteiger partial charge in [0.1, 0.15) is 0 Å². The highest BCUT2D eigenvalue weighted by Gasteiger charge is 2.11. The topological polar surface area (TPSA) is 52.3 Å². The second-order valence-electron chi connectivity index (χ2n) is 3.89. The molecule has 1 aromatic heterocycles. The highest BCUT2D eigenvalue weighted by atomic mass is 16.5. The Morgan fingerprint density at radius 1 is 1.24 bits per heavy atom. The summed E-state index contributed by atoms with van der Waals surface area (Å²) < 4.78 is 10.2. The summed E-state index contributed by atoms with van der Waals surface area (Å²) >= 11 is 0. The van der Waals surface area contributed by atoms with Crippen molar-refractivity contribution in [1.29, 1.82) is 0 Å². The average Bonchev–Trinajstić information content (AvgIpc) is 2.29. The first-order valence-corrected chi connectivity index (χ1v) is 5.40. The molecule has 1 heterocycles. The summed E-state index contributed by atoms with van der Waals surface area (Å²) in [5, 5.41) is 3.79. The van der Waals surface area contributed by atoms with Crippen LogP contribution < -0.4 is 10.4 Å². The largest absolute Gasteiger partial charge is 0.488 e. The first-order valence-electron chi connectivity index (χ1n) is 5.40. The third-order valence-corrected chi connectivity index (χ3v) is 2.12. The molecule has 0 saturated heterocycles. The molecule has 2 rings (SSSR count). The lowest BCUT2D eigenvalue weighted by Crippen LogP contribution is -2.10. The van der Waals surface area contributed by atoms with Crippen molar-refractivity contribution >= 4 is 0 Å². The molecule has 88 valence electrons. The molecule has 0 fully saturated rings. The van der Waals surface area contributed by atoms with Gasteiger partial charge in [0.15, 0.2) is 11.4 Å². The van der Waals surface area contributed by atoms with Crippen LogP contribution >= 0.6 is 0 Å². The van der Waals surface area contributed by atoms with Gasteiger partial charge < -0.3 is 9.26 Å². The van der Waals surface area contributed by atoms with Gasteiger partial charge in [-0.15, -0.1) is 0 Å². The lowest BCUT2D eigenvalue weighted by Gasteiger charge is -2.11. The zero-order valence-electron chi connectivity index (χ0n) is 9.71. The fraction of sp³-hybridized carbons (Fsp3) is 0.231. The molecule has 0 saturated carbocycles. The van der Waals surface area contributed by atoms with Gasteiger partial charge in [0.2, 0.25) is 0 Å². The molecular weight excluding hydrogens is 218 g/mol. The maximum atomic E-state index is 11.1. The van der Waals surface area contributed by atoms with E-state index in [2.05, 4.69) is 9.68 Å². The van der Waals surface area contributed by atoms with E-state index in [0.717, 1.165) is 5.56 Å². The SMILES string of the molecule is CC(C)Oc1cc(=O)onc1-c1ccccc1. The van der Waals surface area contributed by atoms with E-state index in [4.69, 9.17) is 4.74 Å². The molecule has 0 aliphatic heterocycles. The van der Waals surface area contributed by atoms with Crippen LogP contribution in [0, 0.1) is 0 Å². The molecule has 0 spiro atoms. The minimum Gasteiger partial charge on any atom is -0.488 e. The number of aromatic nitrogens is 1. The number of rotatable bonds is 3. The van der Waals surface area contributed by atoms with Crippen LogP contribution in [0.15, 0.2) is 45.7 Å². The van der Waals surface area contributed by atoms with E-state index in [-0.39, 0.29) is 6.10 Å². The molecule has 0 radical (unpaired) electrons. The third kappa shape index (κ3) is 2.72. The summed E-state index contributed by atoms with van der Waals surface area (Å²) in [5.74, 6) is 0.447. The van der Waals surface area contributed by atoms with E-state index >= 15 is 0 Å². The van der Waals surface area contributed by atoms with Crippen molar-refractivity contribution in [3.05, 3.63) is 46.8 Å². The monoisotopic (exact) mass is 231 g/mol. The molecule has 4 heteroatoms. The van der Waals surface area contributed by atoms with E-state index in [1.807, 2.05) is 44.2 Å². The molecule has 0 aliphatic rings. The van der Waals surface area contributed by atoms with E-state index in [9.17, 15) is 4.79 Å². The summed E-state index contributed by atoms with van der Waals surface area (Å²) in [5.41, 5.74) is 0.881. The average molecular weight is 231 g/mol. The second-order valence-corrected chi connectivity index (χ2v) is 3.89. The van der Waals surface area contributed by atoms with E-state index in [1.54, 1.807) is 0 Å². The van der Waals surface area contributed by atoms with Crippen LogP contribution in [0.1, 0.15) is 13.8 Å². The van der Waals surface area contributed by atoms with E-state index in [1.165, 1.54) is 6.07 Å². The molecule has 0 N–H and O–H groups in total. The van der Waals surface area contributed by atoms with Gasteiger partial charge in [-0.2, -0.15) is 0 Å². The smallest absolute Gasteiger partial charge is 0.362 e. The van der Waals surface area contributed by atoms with E-state index in [0.29, 0.717) is 11.4 Å². The highest BCUT2D eigenvalue weighted by molar-refractivity contribution is 5.64. The molecule has 1 aromatic carbocycles. The summed E-state index contributed by atoms with van der Waals surface area (Å²) in [6.45, 7) is 3.78. The predicted octanol–water partition coefficient (Wildman–Crippen LogP) is 2.49. The highest BCUT2D eigenvalue weighted by Crippen LogP contribution is 2.26. The fourth-order valence-corrected chi connectivity index (χ4v) is 1.47. The standard InChI is InChI=1S/C13H13NO3/c1-9(2)16-11-8-12(15)17-14-13(11)10-6-4-3-5-7-10/h3-9H,1-2H3. The van der Waals surface area contributed by atoms with Crippen molar-refractivity contribution in [2.45, 2.75) is 20.0 Å². The molecule has 0 unspecified atom stereocenters. The minimum absolute atomic E-state index is 0.0268. The lowest BCUT2D eigenvalue weighted by molar-refractivity contribution is 0.235. The molecular formula is C13H13NO3. The van der Waals surface area contributed by atoms with Gasteiger partial charge in [0.05, 0.1) is 12.2 Å². The number of hydrogen-bond donors (Lipinski definition) is 0. The summed E-state index contributed by atoms with van der Waals surface area (Å²) in [6.07, 6.45) is -0.0268. The van der Waals surface area contributed by atoms with Gasteiger partial charge >= 0.3 is 5.63 Å². The van der Waals surface area contributed by atoms with Crippen molar-refractivity contribution in [3.63, 3.8) is 0 Å². The van der Waals surface area contributed by atoms with Crippen LogP contribution in [-0.4, -0.2) is 11.3 Å². The first kappa shape index (κ1) is 11.4.